The third kappa shape index (κ3) is 3.34. The molecular weight excluding hydrogens is 334 g/mol. The van der Waals surface area contributed by atoms with Crippen LogP contribution in [0.4, 0.5) is 0 Å². The first kappa shape index (κ1) is 17.8. The lowest BCUT2D eigenvalue weighted by atomic mass is 10.1. The molecule has 2 N–H and O–H groups in total. The average molecular weight is 355 g/mol. The van der Waals surface area contributed by atoms with Crippen LogP contribution >= 0.6 is 0 Å². The minimum Gasteiger partial charge on any atom is -0.493 e. The molecule has 0 radical (unpaired) electrons. The van der Waals surface area contributed by atoms with Gasteiger partial charge < -0.3 is 19.9 Å². The molecule has 0 aliphatic rings. The molecule has 7 nitrogen and oxygen atoms in total. The second-order valence-corrected chi connectivity index (χ2v) is 5.81. The molecule has 0 saturated carbocycles. The van der Waals surface area contributed by atoms with Crippen LogP contribution in [0, 0.1) is 6.92 Å². The number of hydrogen-bond donors (Lipinski definition) is 2. The minimum absolute atomic E-state index is 0.0633. The van der Waals surface area contributed by atoms with Crippen molar-refractivity contribution in [1.29, 1.82) is 0 Å². The summed E-state index contributed by atoms with van der Waals surface area (Å²) in [7, 11) is 3.08. The van der Waals surface area contributed by atoms with Gasteiger partial charge in [-0.15, -0.1) is 0 Å². The lowest BCUT2D eigenvalue weighted by Crippen LogP contribution is -2.29. The molecule has 1 unspecified atom stereocenters. The van der Waals surface area contributed by atoms with Crippen LogP contribution in [-0.4, -0.2) is 41.2 Å². The van der Waals surface area contributed by atoms with E-state index in [-0.39, 0.29) is 12.5 Å². The van der Waals surface area contributed by atoms with Crippen molar-refractivity contribution in [2.24, 2.45) is 0 Å². The molecule has 0 aliphatic carbocycles. The van der Waals surface area contributed by atoms with Crippen LogP contribution in [0.2, 0.25) is 0 Å². The molecule has 0 fully saturated rings. The second-order valence-electron chi connectivity index (χ2n) is 5.81. The number of aryl methyl sites for hydroxylation is 1. The van der Waals surface area contributed by atoms with Gasteiger partial charge in [0.05, 0.1) is 26.0 Å². The number of carbonyl (C=O) groups is 1. The van der Waals surface area contributed by atoms with E-state index in [9.17, 15) is 9.90 Å². The van der Waals surface area contributed by atoms with E-state index in [1.807, 2.05) is 18.2 Å². The van der Waals surface area contributed by atoms with Crippen molar-refractivity contribution in [3.63, 3.8) is 0 Å². The van der Waals surface area contributed by atoms with Crippen molar-refractivity contribution < 1.29 is 19.4 Å². The molecule has 1 atom stereocenters. The topological polar surface area (TPSA) is 85.1 Å². The lowest BCUT2D eigenvalue weighted by molar-refractivity contribution is 0.0909. The molecule has 2 aromatic heterocycles. The van der Waals surface area contributed by atoms with Crippen molar-refractivity contribution in [3.8, 4) is 11.5 Å². The Morgan fingerprint density at radius 1 is 1.23 bits per heavy atom. The number of pyridine rings is 1. The Morgan fingerprint density at radius 2 is 2.00 bits per heavy atom. The van der Waals surface area contributed by atoms with Gasteiger partial charge in [-0.2, -0.15) is 0 Å². The summed E-state index contributed by atoms with van der Waals surface area (Å²) in [6.07, 6.45) is 0.910. The summed E-state index contributed by atoms with van der Waals surface area (Å²) in [5, 5.41) is 13.2. The Kier molecular flexibility index (Phi) is 5.09. The summed E-state index contributed by atoms with van der Waals surface area (Å²) >= 11 is 0. The lowest BCUT2D eigenvalue weighted by Gasteiger charge is -2.15. The molecule has 1 aromatic carbocycles. The second kappa shape index (κ2) is 7.45. The van der Waals surface area contributed by atoms with Gasteiger partial charge in [-0.25, -0.2) is 4.98 Å². The molecule has 2 heterocycles. The van der Waals surface area contributed by atoms with Crippen LogP contribution in [0.5, 0.6) is 11.5 Å². The van der Waals surface area contributed by atoms with E-state index >= 15 is 0 Å². The molecule has 7 heteroatoms. The van der Waals surface area contributed by atoms with Crippen LogP contribution in [0.25, 0.3) is 5.65 Å². The number of hydrogen-bond acceptors (Lipinski definition) is 5. The van der Waals surface area contributed by atoms with Gasteiger partial charge in [0.1, 0.15) is 11.3 Å². The molecule has 3 aromatic rings. The van der Waals surface area contributed by atoms with Crippen molar-refractivity contribution in [2.75, 3.05) is 20.8 Å². The fourth-order valence-electron chi connectivity index (χ4n) is 2.84. The SMILES string of the molecule is COc1ccc(C(O)CNC(=O)c2c(C)nc3ccccn23)cc1OC. The fraction of sp³-hybridized carbons (Fsp3) is 0.263. The Hall–Kier alpha value is -3.06. The third-order valence-corrected chi connectivity index (χ3v) is 4.17. The number of aliphatic hydroxyl groups is 1. The average Bonchev–Trinajstić information content (AvgIpc) is 3.00. The number of amides is 1. The van der Waals surface area contributed by atoms with E-state index in [1.54, 1.807) is 42.8 Å². The summed E-state index contributed by atoms with van der Waals surface area (Å²) in [6.45, 7) is 1.85. The highest BCUT2D eigenvalue weighted by Crippen LogP contribution is 2.29. The molecule has 136 valence electrons. The Labute approximate surface area is 151 Å². The molecular formula is C19H21N3O4. The fourth-order valence-corrected chi connectivity index (χ4v) is 2.84. The third-order valence-electron chi connectivity index (χ3n) is 4.17. The standard InChI is InChI=1S/C19H21N3O4/c1-12-18(22-9-5-4-6-17(22)21-12)19(24)20-11-14(23)13-7-8-15(25-2)16(10-13)26-3/h4-10,14,23H,11H2,1-3H3,(H,20,24). The smallest absolute Gasteiger partial charge is 0.270 e. The molecule has 0 bridgehead atoms. The zero-order chi connectivity index (χ0) is 18.7. The summed E-state index contributed by atoms with van der Waals surface area (Å²) in [6, 6.07) is 10.7. The van der Waals surface area contributed by atoms with Gasteiger partial charge >= 0.3 is 0 Å². The number of carbonyl (C=O) groups excluding carboxylic acids is 1. The van der Waals surface area contributed by atoms with E-state index in [1.165, 1.54) is 7.11 Å². The van der Waals surface area contributed by atoms with E-state index < -0.39 is 6.10 Å². The zero-order valence-electron chi connectivity index (χ0n) is 14.9. The van der Waals surface area contributed by atoms with Crippen LogP contribution in [0.1, 0.15) is 27.8 Å². The Morgan fingerprint density at radius 3 is 2.73 bits per heavy atom. The monoisotopic (exact) mass is 355 g/mol. The molecule has 26 heavy (non-hydrogen) atoms. The highest BCUT2D eigenvalue weighted by Gasteiger charge is 2.18. The molecule has 3 rings (SSSR count). The summed E-state index contributed by atoms with van der Waals surface area (Å²) in [4.78, 5) is 16.9. The number of ether oxygens (including phenoxy) is 2. The number of benzene rings is 1. The van der Waals surface area contributed by atoms with Gasteiger partial charge in [0.2, 0.25) is 0 Å². The first-order valence-corrected chi connectivity index (χ1v) is 8.17. The van der Waals surface area contributed by atoms with Gasteiger partial charge in [0.15, 0.2) is 11.5 Å². The first-order valence-electron chi connectivity index (χ1n) is 8.17. The number of fused-ring (bicyclic) bond motifs is 1. The molecule has 1 amide bonds. The number of imidazole rings is 1. The largest absolute Gasteiger partial charge is 0.493 e. The van der Waals surface area contributed by atoms with E-state index in [0.29, 0.717) is 34.1 Å². The maximum Gasteiger partial charge on any atom is 0.270 e. The van der Waals surface area contributed by atoms with Gasteiger partial charge in [-0.05, 0) is 36.8 Å². The number of rotatable bonds is 6. The quantitative estimate of drug-likeness (QED) is 0.707. The molecule has 0 spiro atoms. The van der Waals surface area contributed by atoms with Crippen LogP contribution < -0.4 is 14.8 Å². The van der Waals surface area contributed by atoms with E-state index in [2.05, 4.69) is 10.3 Å². The van der Waals surface area contributed by atoms with E-state index in [4.69, 9.17) is 9.47 Å². The van der Waals surface area contributed by atoms with E-state index in [0.717, 1.165) is 0 Å². The number of nitrogens with zero attached hydrogens (tertiary/aromatic N) is 2. The Bertz CT molecular complexity index is 936. The van der Waals surface area contributed by atoms with Crippen molar-refractivity contribution in [1.82, 2.24) is 14.7 Å². The maximum absolute atomic E-state index is 12.6. The number of nitrogens with one attached hydrogen (secondary N) is 1. The molecule has 0 aliphatic heterocycles. The highest BCUT2D eigenvalue weighted by atomic mass is 16.5. The Balaban J connectivity index is 1.74. The molecule has 0 saturated heterocycles. The summed E-state index contributed by atoms with van der Waals surface area (Å²) < 4.78 is 12.2. The number of aliphatic hydroxyl groups excluding tert-OH is 1. The van der Waals surface area contributed by atoms with Crippen molar-refractivity contribution in [2.45, 2.75) is 13.0 Å². The van der Waals surface area contributed by atoms with Gasteiger partial charge in [-0.3, -0.25) is 9.20 Å². The van der Waals surface area contributed by atoms with Crippen LogP contribution in [-0.2, 0) is 0 Å². The van der Waals surface area contributed by atoms with Crippen LogP contribution in [0.3, 0.4) is 0 Å². The normalized spacial score (nSPS) is 12.0. The minimum atomic E-state index is -0.877. The first-order chi connectivity index (χ1) is 12.5. The maximum atomic E-state index is 12.6. The van der Waals surface area contributed by atoms with Gasteiger partial charge in [0, 0.05) is 12.7 Å². The van der Waals surface area contributed by atoms with Crippen LogP contribution in [0.15, 0.2) is 42.6 Å². The highest BCUT2D eigenvalue weighted by molar-refractivity contribution is 5.94. The van der Waals surface area contributed by atoms with Gasteiger partial charge in [-0.1, -0.05) is 12.1 Å². The zero-order valence-corrected chi connectivity index (χ0v) is 14.9. The summed E-state index contributed by atoms with van der Waals surface area (Å²) in [5.41, 5.74) is 2.42. The van der Waals surface area contributed by atoms with Gasteiger partial charge in [0.25, 0.3) is 5.91 Å². The van der Waals surface area contributed by atoms with Crippen molar-refractivity contribution >= 4 is 11.6 Å². The predicted molar refractivity (Wildman–Crippen MR) is 96.8 cm³/mol. The van der Waals surface area contributed by atoms with Crippen molar-refractivity contribution in [3.05, 3.63) is 59.5 Å². The predicted octanol–water partition coefficient (Wildman–Crippen LogP) is 2.12. The summed E-state index contributed by atoms with van der Waals surface area (Å²) in [5.74, 6) is 0.808. The number of methoxy groups -OCH3 is 2. The number of aromatic nitrogens is 2.